The lowest BCUT2D eigenvalue weighted by Gasteiger charge is -2.39. The fourth-order valence-corrected chi connectivity index (χ4v) is 3.75. The number of benzene rings is 1. The zero-order valence-electron chi connectivity index (χ0n) is 16.9. The molecule has 1 N–H and O–H groups in total. The van der Waals surface area contributed by atoms with Gasteiger partial charge in [0.25, 0.3) is 5.56 Å². The quantitative estimate of drug-likeness (QED) is 0.720. The number of carbonyl (C=O) groups is 1. The van der Waals surface area contributed by atoms with Crippen LogP contribution in [0.1, 0.15) is 24.8 Å². The molecule has 2 heterocycles. The van der Waals surface area contributed by atoms with Crippen LogP contribution in [0.15, 0.2) is 35.4 Å². The number of aromatic nitrogens is 2. The molecule has 1 aromatic carbocycles. The van der Waals surface area contributed by atoms with Gasteiger partial charge >= 0.3 is 12.1 Å². The highest BCUT2D eigenvalue weighted by atomic mass is 19.4. The molecule has 1 aliphatic rings. The number of aryl methyl sites for hydroxylation is 1. The van der Waals surface area contributed by atoms with Crippen LogP contribution in [0.4, 0.5) is 23.4 Å². The van der Waals surface area contributed by atoms with E-state index in [1.54, 1.807) is 17.9 Å². The Labute approximate surface area is 175 Å². The van der Waals surface area contributed by atoms with Gasteiger partial charge in [0.1, 0.15) is 0 Å². The number of nitrogens with one attached hydrogen (secondary N) is 1. The molecule has 2 unspecified atom stereocenters. The second-order valence-corrected chi connectivity index (χ2v) is 7.15. The molecule has 31 heavy (non-hydrogen) atoms. The first-order valence-electron chi connectivity index (χ1n) is 9.67. The van der Waals surface area contributed by atoms with E-state index >= 15 is 0 Å². The summed E-state index contributed by atoms with van der Waals surface area (Å²) in [6, 6.07) is 3.11. The molecule has 1 aromatic heterocycles. The van der Waals surface area contributed by atoms with Crippen LogP contribution in [0.25, 0.3) is 0 Å². The van der Waals surface area contributed by atoms with Crippen molar-refractivity contribution in [3.8, 4) is 5.75 Å². The Bertz CT molecular complexity index is 1010. The van der Waals surface area contributed by atoms with Gasteiger partial charge in [-0.05, 0) is 31.0 Å². The molecule has 0 aliphatic carbocycles. The Morgan fingerprint density at radius 2 is 2.10 bits per heavy atom. The highest BCUT2D eigenvalue weighted by Gasteiger charge is 2.42. The Balaban J connectivity index is 1.93. The van der Waals surface area contributed by atoms with Crippen molar-refractivity contribution in [3.63, 3.8) is 0 Å². The van der Waals surface area contributed by atoms with Crippen LogP contribution in [0.5, 0.6) is 5.75 Å². The van der Waals surface area contributed by atoms with Crippen LogP contribution in [0.2, 0.25) is 0 Å². The van der Waals surface area contributed by atoms with Crippen LogP contribution < -0.4 is 20.5 Å². The zero-order valence-corrected chi connectivity index (χ0v) is 16.9. The molecule has 0 radical (unpaired) electrons. The van der Waals surface area contributed by atoms with Crippen molar-refractivity contribution >= 4 is 11.7 Å². The van der Waals surface area contributed by atoms with Crippen LogP contribution in [0, 0.1) is 5.82 Å². The predicted molar refractivity (Wildman–Crippen MR) is 105 cm³/mol. The number of hydrogen-bond donors (Lipinski definition) is 1. The third-order valence-electron chi connectivity index (χ3n) is 5.33. The zero-order chi connectivity index (χ0) is 22.8. The molecule has 1 saturated heterocycles. The van der Waals surface area contributed by atoms with Crippen LogP contribution in [-0.2, 0) is 11.3 Å². The maximum absolute atomic E-state index is 14.2. The van der Waals surface area contributed by atoms with Crippen molar-refractivity contribution in [2.45, 2.75) is 38.0 Å². The summed E-state index contributed by atoms with van der Waals surface area (Å²) in [5, 5.41) is 2.01. The summed E-state index contributed by atoms with van der Waals surface area (Å²) in [6.07, 6.45) is -1.84. The number of piperidine rings is 1. The fourth-order valence-electron chi connectivity index (χ4n) is 3.75. The Hall–Kier alpha value is -3.11. The van der Waals surface area contributed by atoms with E-state index in [1.165, 1.54) is 36.2 Å². The van der Waals surface area contributed by atoms with E-state index in [0.717, 1.165) is 0 Å². The first-order valence-corrected chi connectivity index (χ1v) is 9.67. The average molecular weight is 442 g/mol. The summed E-state index contributed by atoms with van der Waals surface area (Å²) >= 11 is 0. The fraction of sp³-hybridized carbons (Fsp3) is 0.450. The normalized spacial score (nSPS) is 19.2. The third-order valence-corrected chi connectivity index (χ3v) is 5.33. The molecule has 1 amide bonds. The smallest absolute Gasteiger partial charge is 0.471 e. The van der Waals surface area contributed by atoms with Crippen LogP contribution in [-0.4, -0.2) is 47.9 Å². The van der Waals surface area contributed by atoms with Crippen molar-refractivity contribution in [3.05, 3.63) is 52.3 Å². The number of halogens is 4. The number of anilines is 1. The minimum atomic E-state index is -5.07. The van der Waals surface area contributed by atoms with Gasteiger partial charge in [0.15, 0.2) is 17.4 Å². The van der Waals surface area contributed by atoms with Gasteiger partial charge in [-0.3, -0.25) is 9.59 Å². The molecular weight excluding hydrogens is 420 g/mol. The molecule has 1 aliphatic heterocycles. The highest BCUT2D eigenvalue weighted by molar-refractivity contribution is 5.82. The van der Waals surface area contributed by atoms with E-state index in [0.29, 0.717) is 18.7 Å². The number of ether oxygens (including phenoxy) is 1. The van der Waals surface area contributed by atoms with Gasteiger partial charge in [-0.15, -0.1) is 0 Å². The number of nitrogens with zero attached hydrogens (tertiary/aromatic N) is 3. The number of rotatable bonds is 5. The summed E-state index contributed by atoms with van der Waals surface area (Å²) in [6.45, 7) is 2.40. The van der Waals surface area contributed by atoms with Crippen LogP contribution >= 0.6 is 0 Å². The molecule has 11 heteroatoms. The topological polar surface area (TPSA) is 76.5 Å². The van der Waals surface area contributed by atoms with E-state index in [4.69, 9.17) is 4.74 Å². The molecule has 0 bridgehead atoms. The summed E-state index contributed by atoms with van der Waals surface area (Å²) < 4.78 is 59.3. The highest BCUT2D eigenvalue weighted by Crippen LogP contribution is 2.32. The third kappa shape index (κ3) is 4.80. The Morgan fingerprint density at radius 1 is 1.35 bits per heavy atom. The van der Waals surface area contributed by atoms with Crippen molar-refractivity contribution in [2.75, 3.05) is 25.1 Å². The van der Waals surface area contributed by atoms with Gasteiger partial charge in [-0.1, -0.05) is 6.07 Å². The maximum atomic E-state index is 14.2. The van der Waals surface area contributed by atoms with Crippen LogP contribution in [0.3, 0.4) is 0 Å². The maximum Gasteiger partial charge on any atom is 0.471 e. The first kappa shape index (κ1) is 22.6. The largest absolute Gasteiger partial charge is 0.494 e. The minimum Gasteiger partial charge on any atom is -0.494 e. The minimum absolute atomic E-state index is 0.00525. The van der Waals surface area contributed by atoms with Crippen molar-refractivity contribution in [1.29, 1.82) is 0 Å². The summed E-state index contributed by atoms with van der Waals surface area (Å²) in [5.41, 5.74) is 0.0530. The second kappa shape index (κ2) is 8.94. The lowest BCUT2D eigenvalue weighted by Crippen LogP contribution is -2.55. The molecule has 1 fully saturated rings. The summed E-state index contributed by atoms with van der Waals surface area (Å²) in [7, 11) is 1.30. The van der Waals surface area contributed by atoms with E-state index in [9.17, 15) is 27.2 Å². The summed E-state index contributed by atoms with van der Waals surface area (Å²) in [5.74, 6) is -3.25. The molecule has 0 saturated carbocycles. The van der Waals surface area contributed by atoms with E-state index in [-0.39, 0.29) is 30.1 Å². The Morgan fingerprint density at radius 3 is 2.71 bits per heavy atom. The standard InChI is InChI=1S/C20H22F4N4O3/c1-3-27-9-7-25-17(18(27)29)28-8-6-13(12-4-5-16(31-2)14(21)10-12)15(11-28)26-19(30)20(22,23)24/h4-5,7,9-10,13,15H,3,6,8,11H2,1-2H3,(H,26,30). The molecule has 7 nitrogen and oxygen atoms in total. The number of amides is 1. The molecule has 0 spiro atoms. The molecule has 2 aromatic rings. The molecule has 2 atom stereocenters. The molecule has 168 valence electrons. The van der Waals surface area contributed by atoms with Crippen molar-refractivity contribution < 1.29 is 27.1 Å². The van der Waals surface area contributed by atoms with Gasteiger partial charge in [0.2, 0.25) is 0 Å². The van der Waals surface area contributed by atoms with E-state index in [1.807, 2.05) is 5.32 Å². The van der Waals surface area contributed by atoms with Crippen molar-refractivity contribution in [2.24, 2.45) is 0 Å². The lowest BCUT2D eigenvalue weighted by molar-refractivity contribution is -0.174. The number of alkyl halides is 3. The van der Waals surface area contributed by atoms with Gasteiger partial charge in [-0.25, -0.2) is 9.37 Å². The SMILES string of the molecule is CCn1ccnc(N2CCC(c3ccc(OC)c(F)c3)C(NC(=O)C(F)(F)F)C2)c1=O. The summed E-state index contributed by atoms with van der Waals surface area (Å²) in [4.78, 5) is 29.9. The molecular formula is C20H22F4N4O3. The average Bonchev–Trinajstić information content (AvgIpc) is 2.73. The van der Waals surface area contributed by atoms with Gasteiger partial charge in [0.05, 0.1) is 13.2 Å². The number of methoxy groups -OCH3 is 1. The predicted octanol–water partition coefficient (Wildman–Crippen LogP) is 2.45. The second-order valence-electron chi connectivity index (χ2n) is 7.15. The first-order chi connectivity index (χ1) is 14.7. The monoisotopic (exact) mass is 442 g/mol. The molecule has 3 rings (SSSR count). The number of hydrogen-bond acceptors (Lipinski definition) is 5. The van der Waals surface area contributed by atoms with Crippen molar-refractivity contribution in [1.82, 2.24) is 14.9 Å². The van der Waals surface area contributed by atoms with Gasteiger partial charge in [-0.2, -0.15) is 13.2 Å². The van der Waals surface area contributed by atoms with E-state index < -0.39 is 29.9 Å². The number of carbonyl (C=O) groups excluding carboxylic acids is 1. The Kier molecular flexibility index (Phi) is 6.51. The lowest BCUT2D eigenvalue weighted by atomic mass is 9.85. The van der Waals surface area contributed by atoms with Gasteiger partial charge < -0.3 is 19.5 Å². The van der Waals surface area contributed by atoms with E-state index in [2.05, 4.69) is 4.98 Å². The van der Waals surface area contributed by atoms with Gasteiger partial charge in [0, 0.05) is 37.9 Å².